The van der Waals surface area contributed by atoms with Crippen molar-refractivity contribution in [1.29, 1.82) is 0 Å². The van der Waals surface area contributed by atoms with Crippen molar-refractivity contribution >= 4 is 5.95 Å². The van der Waals surface area contributed by atoms with E-state index in [4.69, 9.17) is 5.73 Å². The molecule has 0 aliphatic heterocycles. The normalized spacial score (nSPS) is 11.6. The zero-order valence-electron chi connectivity index (χ0n) is 11.2. The van der Waals surface area contributed by atoms with Crippen LogP contribution >= 0.6 is 0 Å². The highest BCUT2D eigenvalue weighted by molar-refractivity contribution is 5.62. The predicted molar refractivity (Wildman–Crippen MR) is 76.2 cm³/mol. The number of hydrogen-bond donors (Lipinski definition) is 1. The molecule has 0 unspecified atom stereocenters. The monoisotopic (exact) mass is 304 g/mol. The number of nitrogen functional groups attached to an aromatic ring is 1. The van der Waals surface area contributed by atoms with Crippen LogP contribution in [0.5, 0.6) is 0 Å². The maximum atomic E-state index is 12.8. The maximum absolute atomic E-state index is 12.8. The molecule has 2 aromatic heterocycles. The van der Waals surface area contributed by atoms with E-state index in [-0.39, 0.29) is 5.69 Å². The van der Waals surface area contributed by atoms with E-state index < -0.39 is 17.8 Å². The highest BCUT2D eigenvalue weighted by atomic mass is 19.4. The Kier molecular flexibility index (Phi) is 3.32. The van der Waals surface area contributed by atoms with Crippen LogP contribution in [0.2, 0.25) is 0 Å². The predicted octanol–water partition coefficient (Wildman–Crippen LogP) is 3.54. The van der Waals surface area contributed by atoms with E-state index in [2.05, 4.69) is 9.97 Å². The summed E-state index contributed by atoms with van der Waals surface area (Å²) in [5.41, 5.74) is 5.89. The molecule has 0 fully saturated rings. The van der Waals surface area contributed by atoms with Gasteiger partial charge in [-0.25, -0.2) is 9.97 Å². The van der Waals surface area contributed by atoms with Gasteiger partial charge in [0.05, 0.1) is 5.69 Å². The SMILES string of the molecule is Nc1nc(-c2ccc(-n3cccc3)cc2)cc(C(F)(F)F)n1. The lowest BCUT2D eigenvalue weighted by molar-refractivity contribution is -0.141. The summed E-state index contributed by atoms with van der Waals surface area (Å²) in [5.74, 6) is -0.403. The van der Waals surface area contributed by atoms with Crippen LogP contribution < -0.4 is 5.73 Å². The van der Waals surface area contributed by atoms with Crippen LogP contribution in [0.1, 0.15) is 5.69 Å². The average Bonchev–Trinajstić information content (AvgIpc) is 3.00. The topological polar surface area (TPSA) is 56.7 Å². The molecule has 4 nitrogen and oxygen atoms in total. The van der Waals surface area contributed by atoms with Gasteiger partial charge in [-0.15, -0.1) is 0 Å². The van der Waals surface area contributed by atoms with Gasteiger partial charge in [0.1, 0.15) is 0 Å². The number of nitrogens with two attached hydrogens (primary N) is 1. The second-order valence-corrected chi connectivity index (χ2v) is 4.63. The molecule has 0 amide bonds. The van der Waals surface area contributed by atoms with Gasteiger partial charge in [0, 0.05) is 23.6 Å². The van der Waals surface area contributed by atoms with Crippen LogP contribution in [0.3, 0.4) is 0 Å². The fourth-order valence-corrected chi connectivity index (χ4v) is 2.07. The number of nitrogens with zero attached hydrogens (tertiary/aromatic N) is 3. The zero-order valence-corrected chi connectivity index (χ0v) is 11.2. The molecule has 112 valence electrons. The van der Waals surface area contributed by atoms with Crippen molar-refractivity contribution in [2.24, 2.45) is 0 Å². The number of halogens is 3. The molecule has 0 saturated carbocycles. The van der Waals surface area contributed by atoms with Crippen molar-refractivity contribution < 1.29 is 13.2 Å². The molecule has 0 radical (unpaired) electrons. The van der Waals surface area contributed by atoms with E-state index in [1.54, 1.807) is 24.3 Å². The van der Waals surface area contributed by atoms with Crippen LogP contribution in [0.15, 0.2) is 54.9 Å². The molecule has 1 aromatic carbocycles. The Morgan fingerprint density at radius 3 is 2.18 bits per heavy atom. The molecular weight excluding hydrogens is 293 g/mol. The van der Waals surface area contributed by atoms with Crippen molar-refractivity contribution in [3.8, 4) is 16.9 Å². The fraction of sp³-hybridized carbons (Fsp3) is 0.0667. The standard InChI is InChI=1S/C15H11F3N4/c16-15(17,18)13-9-12(20-14(19)21-13)10-3-5-11(6-4-10)22-7-1-2-8-22/h1-9H,(H2,19,20,21). The second kappa shape index (κ2) is 5.18. The molecule has 3 rings (SSSR count). The Balaban J connectivity index is 1.99. The first-order chi connectivity index (χ1) is 10.4. The molecule has 22 heavy (non-hydrogen) atoms. The summed E-state index contributed by atoms with van der Waals surface area (Å²) in [6, 6.07) is 11.6. The summed E-state index contributed by atoms with van der Waals surface area (Å²) >= 11 is 0. The lowest BCUT2D eigenvalue weighted by atomic mass is 10.1. The molecule has 0 aliphatic rings. The van der Waals surface area contributed by atoms with Gasteiger partial charge in [0.2, 0.25) is 5.95 Å². The minimum absolute atomic E-state index is 0.138. The highest BCUT2D eigenvalue weighted by Crippen LogP contribution is 2.30. The summed E-state index contributed by atoms with van der Waals surface area (Å²) in [6.45, 7) is 0. The molecule has 0 saturated heterocycles. The average molecular weight is 304 g/mol. The quantitative estimate of drug-likeness (QED) is 0.788. The molecule has 0 atom stereocenters. The lowest BCUT2D eigenvalue weighted by Crippen LogP contribution is -2.11. The summed E-state index contributed by atoms with van der Waals surface area (Å²) in [5, 5.41) is 0. The van der Waals surface area contributed by atoms with E-state index in [0.717, 1.165) is 11.8 Å². The van der Waals surface area contributed by atoms with Crippen molar-refractivity contribution in [1.82, 2.24) is 14.5 Å². The summed E-state index contributed by atoms with van der Waals surface area (Å²) in [7, 11) is 0. The largest absolute Gasteiger partial charge is 0.433 e. The third-order valence-electron chi connectivity index (χ3n) is 3.10. The minimum Gasteiger partial charge on any atom is -0.368 e. The Morgan fingerprint density at radius 1 is 0.955 bits per heavy atom. The number of aromatic nitrogens is 3. The molecule has 3 aromatic rings. The third-order valence-corrected chi connectivity index (χ3v) is 3.10. The van der Waals surface area contributed by atoms with Gasteiger partial charge in [-0.3, -0.25) is 0 Å². The lowest BCUT2D eigenvalue weighted by Gasteiger charge is -2.09. The molecule has 2 heterocycles. The highest BCUT2D eigenvalue weighted by Gasteiger charge is 2.33. The molecule has 7 heteroatoms. The van der Waals surface area contributed by atoms with E-state index >= 15 is 0 Å². The van der Waals surface area contributed by atoms with E-state index in [1.807, 2.05) is 29.1 Å². The molecular formula is C15H11F3N4. The van der Waals surface area contributed by atoms with Gasteiger partial charge in [0.15, 0.2) is 5.69 Å². The van der Waals surface area contributed by atoms with Gasteiger partial charge < -0.3 is 10.3 Å². The fourth-order valence-electron chi connectivity index (χ4n) is 2.07. The van der Waals surface area contributed by atoms with Crippen molar-refractivity contribution in [3.05, 3.63) is 60.6 Å². The number of benzene rings is 1. The van der Waals surface area contributed by atoms with E-state index in [1.165, 1.54) is 0 Å². The second-order valence-electron chi connectivity index (χ2n) is 4.63. The first-order valence-corrected chi connectivity index (χ1v) is 6.39. The molecule has 0 bridgehead atoms. The number of hydrogen-bond acceptors (Lipinski definition) is 3. The van der Waals surface area contributed by atoms with Crippen LogP contribution in [0.4, 0.5) is 19.1 Å². The first-order valence-electron chi connectivity index (χ1n) is 6.39. The summed E-state index contributed by atoms with van der Waals surface area (Å²) < 4.78 is 40.2. The van der Waals surface area contributed by atoms with Gasteiger partial charge in [-0.1, -0.05) is 12.1 Å². The van der Waals surface area contributed by atoms with Crippen LogP contribution in [-0.2, 0) is 6.18 Å². The third kappa shape index (κ3) is 2.78. The smallest absolute Gasteiger partial charge is 0.368 e. The van der Waals surface area contributed by atoms with E-state index in [9.17, 15) is 13.2 Å². The Bertz CT molecular complexity index is 778. The molecule has 0 aliphatic carbocycles. The van der Waals surface area contributed by atoms with Crippen LogP contribution in [-0.4, -0.2) is 14.5 Å². The number of rotatable bonds is 2. The van der Waals surface area contributed by atoms with Crippen molar-refractivity contribution in [3.63, 3.8) is 0 Å². The summed E-state index contributed by atoms with van der Waals surface area (Å²) in [6.07, 6.45) is -0.810. The maximum Gasteiger partial charge on any atom is 0.433 e. The minimum atomic E-state index is -4.56. The Labute approximate surface area is 124 Å². The first kappa shape index (κ1) is 14.1. The van der Waals surface area contributed by atoms with Crippen molar-refractivity contribution in [2.45, 2.75) is 6.18 Å². The van der Waals surface area contributed by atoms with Crippen LogP contribution in [0.25, 0.3) is 16.9 Å². The number of alkyl halides is 3. The van der Waals surface area contributed by atoms with Gasteiger partial charge in [-0.05, 0) is 30.3 Å². The van der Waals surface area contributed by atoms with Crippen LogP contribution in [0, 0.1) is 0 Å². The van der Waals surface area contributed by atoms with Gasteiger partial charge >= 0.3 is 6.18 Å². The Hall–Kier alpha value is -2.83. The van der Waals surface area contributed by atoms with Crippen molar-refractivity contribution in [2.75, 3.05) is 5.73 Å². The van der Waals surface area contributed by atoms with Gasteiger partial charge in [-0.2, -0.15) is 13.2 Å². The molecule has 0 spiro atoms. The molecule has 2 N–H and O–H groups in total. The zero-order chi connectivity index (χ0) is 15.7. The van der Waals surface area contributed by atoms with Gasteiger partial charge in [0.25, 0.3) is 0 Å². The summed E-state index contributed by atoms with van der Waals surface area (Å²) in [4.78, 5) is 7.10. The Morgan fingerprint density at radius 2 is 1.59 bits per heavy atom. The number of anilines is 1. The van der Waals surface area contributed by atoms with E-state index in [0.29, 0.717) is 5.56 Å².